The first-order valence-corrected chi connectivity index (χ1v) is 4.57. The lowest BCUT2D eigenvalue weighted by molar-refractivity contribution is 0.119. The second-order valence-electron chi connectivity index (χ2n) is 3.18. The number of hydrogen-bond acceptors (Lipinski definition) is 5. The van der Waals surface area contributed by atoms with Crippen molar-refractivity contribution in [2.45, 2.75) is 13.2 Å². The van der Waals surface area contributed by atoms with Gasteiger partial charge < -0.3 is 14.2 Å². The number of benzene rings is 1. The zero-order chi connectivity index (χ0) is 10.7. The molecule has 0 unspecified atom stereocenters. The Labute approximate surface area is 87.6 Å². The van der Waals surface area contributed by atoms with Crippen LogP contribution in [0, 0.1) is 0 Å². The van der Waals surface area contributed by atoms with Crippen LogP contribution in [0.3, 0.4) is 0 Å². The molecule has 0 radical (unpaired) electrons. The smallest absolute Gasteiger partial charge is 0.231 e. The van der Waals surface area contributed by atoms with Gasteiger partial charge in [-0.3, -0.25) is 4.84 Å². The molecule has 2 rings (SSSR count). The third-order valence-electron chi connectivity index (χ3n) is 2.27. The van der Waals surface area contributed by atoms with E-state index in [1.807, 2.05) is 12.1 Å². The lowest BCUT2D eigenvalue weighted by Gasteiger charge is -2.10. The third kappa shape index (κ3) is 1.90. The van der Waals surface area contributed by atoms with E-state index in [1.54, 1.807) is 7.11 Å². The number of rotatable bonds is 4. The van der Waals surface area contributed by atoms with Crippen molar-refractivity contribution in [3.05, 3.63) is 23.3 Å². The van der Waals surface area contributed by atoms with Gasteiger partial charge in [-0.25, -0.2) is 5.90 Å². The lowest BCUT2D eigenvalue weighted by atomic mass is 10.1. The van der Waals surface area contributed by atoms with Crippen LogP contribution in [0.1, 0.15) is 11.1 Å². The second kappa shape index (κ2) is 4.48. The van der Waals surface area contributed by atoms with Crippen LogP contribution in [0.15, 0.2) is 12.1 Å². The topological polar surface area (TPSA) is 62.9 Å². The van der Waals surface area contributed by atoms with E-state index < -0.39 is 0 Å². The predicted octanol–water partition coefficient (Wildman–Crippen LogP) is 0.952. The average Bonchev–Trinajstić information content (AvgIpc) is 2.70. The summed E-state index contributed by atoms with van der Waals surface area (Å²) < 4.78 is 15.7. The van der Waals surface area contributed by atoms with Crippen molar-refractivity contribution in [3.63, 3.8) is 0 Å². The van der Waals surface area contributed by atoms with Gasteiger partial charge in [-0.2, -0.15) is 0 Å². The first-order chi connectivity index (χ1) is 7.36. The van der Waals surface area contributed by atoms with Crippen molar-refractivity contribution in [2.75, 3.05) is 13.9 Å². The van der Waals surface area contributed by atoms with Crippen molar-refractivity contribution in [3.8, 4) is 11.5 Å². The highest BCUT2D eigenvalue weighted by atomic mass is 16.7. The summed E-state index contributed by atoms with van der Waals surface area (Å²) in [6.07, 6.45) is 0. The predicted molar refractivity (Wildman–Crippen MR) is 52.3 cm³/mol. The maximum Gasteiger partial charge on any atom is 0.231 e. The SMILES string of the molecule is COCc1c(CON)ccc2c1OCO2. The molecule has 0 spiro atoms. The summed E-state index contributed by atoms with van der Waals surface area (Å²) in [5.41, 5.74) is 1.88. The molecule has 2 N–H and O–H groups in total. The molecule has 1 heterocycles. The molecule has 0 fully saturated rings. The molecule has 15 heavy (non-hydrogen) atoms. The number of hydrogen-bond donors (Lipinski definition) is 1. The van der Waals surface area contributed by atoms with E-state index in [1.165, 1.54) is 0 Å². The molecule has 1 aromatic rings. The van der Waals surface area contributed by atoms with Gasteiger partial charge in [0.1, 0.15) is 0 Å². The molecule has 1 aromatic carbocycles. The van der Waals surface area contributed by atoms with Gasteiger partial charge in [0.2, 0.25) is 6.79 Å². The minimum atomic E-state index is 0.249. The zero-order valence-corrected chi connectivity index (χ0v) is 8.49. The average molecular weight is 211 g/mol. The minimum absolute atomic E-state index is 0.249. The quantitative estimate of drug-likeness (QED) is 0.751. The van der Waals surface area contributed by atoms with E-state index in [4.69, 9.17) is 20.1 Å². The van der Waals surface area contributed by atoms with Gasteiger partial charge in [-0.1, -0.05) is 6.07 Å². The molecule has 0 atom stereocenters. The van der Waals surface area contributed by atoms with Crippen molar-refractivity contribution in [2.24, 2.45) is 5.90 Å². The summed E-state index contributed by atoms with van der Waals surface area (Å²) in [5, 5.41) is 0. The molecular formula is C10H13NO4. The molecule has 5 nitrogen and oxygen atoms in total. The molecule has 1 aliphatic heterocycles. The summed E-state index contributed by atoms with van der Waals surface area (Å²) in [4.78, 5) is 4.62. The van der Waals surface area contributed by atoms with E-state index in [0.717, 1.165) is 22.6 Å². The van der Waals surface area contributed by atoms with Crippen molar-refractivity contribution >= 4 is 0 Å². The van der Waals surface area contributed by atoms with Crippen LogP contribution in [0.25, 0.3) is 0 Å². The van der Waals surface area contributed by atoms with Crippen molar-refractivity contribution in [1.82, 2.24) is 0 Å². The molecule has 1 aliphatic rings. The van der Waals surface area contributed by atoms with E-state index in [2.05, 4.69) is 4.84 Å². The molecule has 0 bridgehead atoms. The monoisotopic (exact) mass is 211 g/mol. The van der Waals surface area contributed by atoms with E-state index in [9.17, 15) is 0 Å². The molecule has 0 saturated heterocycles. The molecule has 5 heteroatoms. The first kappa shape index (κ1) is 10.2. The lowest BCUT2D eigenvalue weighted by Crippen LogP contribution is -2.04. The minimum Gasteiger partial charge on any atom is -0.454 e. The number of nitrogens with two attached hydrogens (primary N) is 1. The van der Waals surface area contributed by atoms with Crippen LogP contribution >= 0.6 is 0 Å². The van der Waals surface area contributed by atoms with Gasteiger partial charge in [-0.15, -0.1) is 0 Å². The normalized spacial score (nSPS) is 13.2. The summed E-state index contributed by atoms with van der Waals surface area (Å²) in [6.45, 7) is 1.03. The van der Waals surface area contributed by atoms with Gasteiger partial charge >= 0.3 is 0 Å². The largest absolute Gasteiger partial charge is 0.454 e. The Balaban J connectivity index is 2.38. The highest BCUT2D eigenvalue weighted by Gasteiger charge is 2.20. The van der Waals surface area contributed by atoms with Gasteiger partial charge in [0, 0.05) is 12.7 Å². The zero-order valence-electron chi connectivity index (χ0n) is 8.49. The number of methoxy groups -OCH3 is 1. The number of ether oxygens (including phenoxy) is 3. The Hall–Kier alpha value is -1.30. The highest BCUT2D eigenvalue weighted by Crippen LogP contribution is 2.38. The Morgan fingerprint density at radius 2 is 2.20 bits per heavy atom. The maximum absolute atomic E-state index is 5.37. The van der Waals surface area contributed by atoms with E-state index in [-0.39, 0.29) is 6.79 Å². The Bertz CT molecular complexity index is 354. The first-order valence-electron chi connectivity index (χ1n) is 4.57. The second-order valence-corrected chi connectivity index (χ2v) is 3.18. The molecule has 0 saturated carbocycles. The Morgan fingerprint density at radius 1 is 1.33 bits per heavy atom. The van der Waals surface area contributed by atoms with Crippen LogP contribution in [0.5, 0.6) is 11.5 Å². The molecule has 0 amide bonds. The van der Waals surface area contributed by atoms with Crippen LogP contribution in [0.4, 0.5) is 0 Å². The van der Waals surface area contributed by atoms with Gasteiger partial charge in [0.25, 0.3) is 0 Å². The highest BCUT2D eigenvalue weighted by molar-refractivity contribution is 5.51. The molecule has 82 valence electrons. The summed E-state index contributed by atoms with van der Waals surface area (Å²) >= 11 is 0. The van der Waals surface area contributed by atoms with Gasteiger partial charge in [-0.05, 0) is 11.6 Å². The maximum atomic E-state index is 5.37. The Kier molecular flexibility index (Phi) is 3.05. The number of fused-ring (bicyclic) bond motifs is 1. The van der Waals surface area contributed by atoms with Crippen LogP contribution < -0.4 is 15.4 Å². The van der Waals surface area contributed by atoms with Gasteiger partial charge in [0.05, 0.1) is 13.2 Å². The van der Waals surface area contributed by atoms with E-state index >= 15 is 0 Å². The van der Waals surface area contributed by atoms with Gasteiger partial charge in [0.15, 0.2) is 11.5 Å². The summed E-state index contributed by atoms with van der Waals surface area (Å²) in [5.74, 6) is 6.52. The fourth-order valence-corrected chi connectivity index (χ4v) is 1.60. The molecule has 0 aromatic heterocycles. The van der Waals surface area contributed by atoms with Crippen molar-refractivity contribution in [1.29, 1.82) is 0 Å². The van der Waals surface area contributed by atoms with Crippen molar-refractivity contribution < 1.29 is 19.0 Å². The Morgan fingerprint density at radius 3 is 2.93 bits per heavy atom. The van der Waals surface area contributed by atoms with E-state index in [0.29, 0.717) is 13.2 Å². The fraction of sp³-hybridized carbons (Fsp3) is 0.400. The summed E-state index contributed by atoms with van der Waals surface area (Å²) in [6, 6.07) is 3.74. The molecule has 0 aliphatic carbocycles. The molecular weight excluding hydrogens is 198 g/mol. The summed E-state index contributed by atoms with van der Waals surface area (Å²) in [7, 11) is 1.63. The van der Waals surface area contributed by atoms with Crippen LogP contribution in [-0.4, -0.2) is 13.9 Å². The third-order valence-corrected chi connectivity index (χ3v) is 2.27. The van der Waals surface area contributed by atoms with Crippen LogP contribution in [-0.2, 0) is 22.8 Å². The standard InChI is InChI=1S/C10H13NO4/c1-12-5-8-7(4-15-11)2-3-9-10(8)14-6-13-9/h2-3H,4-6,11H2,1H3. The van der Waals surface area contributed by atoms with Crippen LogP contribution in [0.2, 0.25) is 0 Å². The fourth-order valence-electron chi connectivity index (χ4n) is 1.60.